The molecule has 1 N–H and O–H groups in total. The predicted molar refractivity (Wildman–Crippen MR) is 105 cm³/mol. The van der Waals surface area contributed by atoms with Gasteiger partial charge in [-0.1, -0.05) is 36.4 Å². The molecule has 0 aliphatic rings. The quantitative estimate of drug-likeness (QED) is 0.549. The Kier molecular flexibility index (Phi) is 4.76. The van der Waals surface area contributed by atoms with Gasteiger partial charge in [0.05, 0.1) is 17.6 Å². The second kappa shape index (κ2) is 7.51. The van der Waals surface area contributed by atoms with Crippen molar-refractivity contribution in [3.63, 3.8) is 0 Å². The minimum Gasteiger partial charge on any atom is -0.350 e. The Labute approximate surface area is 161 Å². The first-order valence-electron chi connectivity index (χ1n) is 8.93. The van der Waals surface area contributed by atoms with Crippen LogP contribution in [0.4, 0.5) is 0 Å². The van der Waals surface area contributed by atoms with Crippen LogP contribution in [0, 0.1) is 0 Å². The standard InChI is InChI=1S/C20H20N6O2/c1-24-17-7-2-3-8-18(17)26(20(24)28)12-19(27)22-10-15-5-4-6-16(9-15)11-25-14-21-13-23-25/h2-9,13-14H,10-12H2,1H3,(H,22,27). The first-order valence-corrected chi connectivity index (χ1v) is 8.93. The number of imidazole rings is 1. The molecule has 142 valence electrons. The van der Waals surface area contributed by atoms with Crippen LogP contribution in [-0.4, -0.2) is 29.8 Å². The lowest BCUT2D eigenvalue weighted by molar-refractivity contribution is -0.121. The van der Waals surface area contributed by atoms with Gasteiger partial charge in [-0.3, -0.25) is 13.9 Å². The van der Waals surface area contributed by atoms with Gasteiger partial charge >= 0.3 is 5.69 Å². The van der Waals surface area contributed by atoms with Crippen molar-refractivity contribution >= 4 is 16.9 Å². The van der Waals surface area contributed by atoms with Crippen LogP contribution in [0.15, 0.2) is 66.0 Å². The topological polar surface area (TPSA) is 86.7 Å². The molecule has 0 atom stereocenters. The lowest BCUT2D eigenvalue weighted by Crippen LogP contribution is -2.32. The molecule has 0 radical (unpaired) electrons. The smallest absolute Gasteiger partial charge is 0.329 e. The molecular weight excluding hydrogens is 356 g/mol. The maximum Gasteiger partial charge on any atom is 0.329 e. The maximum absolute atomic E-state index is 12.4. The summed E-state index contributed by atoms with van der Waals surface area (Å²) in [5, 5.41) is 6.99. The zero-order valence-electron chi connectivity index (χ0n) is 15.4. The normalized spacial score (nSPS) is 11.0. The number of benzene rings is 2. The summed E-state index contributed by atoms with van der Waals surface area (Å²) in [5.74, 6) is -0.208. The van der Waals surface area contributed by atoms with Crippen LogP contribution in [0.2, 0.25) is 0 Å². The Morgan fingerprint density at radius 2 is 1.86 bits per heavy atom. The Bertz CT molecular complexity index is 1170. The number of hydrogen-bond donors (Lipinski definition) is 1. The van der Waals surface area contributed by atoms with Crippen molar-refractivity contribution in [3.8, 4) is 0 Å². The van der Waals surface area contributed by atoms with E-state index in [0.717, 1.165) is 22.2 Å². The summed E-state index contributed by atoms with van der Waals surface area (Å²) in [6.45, 7) is 0.996. The third-order valence-corrected chi connectivity index (χ3v) is 4.65. The van der Waals surface area contributed by atoms with E-state index in [0.29, 0.717) is 13.1 Å². The number of aryl methyl sites for hydroxylation is 1. The number of fused-ring (bicyclic) bond motifs is 1. The first-order chi connectivity index (χ1) is 13.6. The van der Waals surface area contributed by atoms with Crippen LogP contribution in [0.25, 0.3) is 11.0 Å². The molecule has 8 heteroatoms. The molecule has 0 bridgehead atoms. The molecule has 0 saturated heterocycles. The monoisotopic (exact) mass is 376 g/mol. The van der Waals surface area contributed by atoms with Gasteiger partial charge in [0.1, 0.15) is 19.2 Å². The molecule has 0 saturated carbocycles. The van der Waals surface area contributed by atoms with E-state index >= 15 is 0 Å². The summed E-state index contributed by atoms with van der Waals surface area (Å²) in [7, 11) is 1.71. The van der Waals surface area contributed by atoms with Gasteiger partial charge < -0.3 is 5.32 Å². The third-order valence-electron chi connectivity index (χ3n) is 4.65. The molecule has 4 aromatic rings. The predicted octanol–water partition coefficient (Wildman–Crippen LogP) is 1.30. The number of carbonyl (C=O) groups is 1. The molecule has 0 aliphatic carbocycles. The minimum atomic E-state index is -0.208. The van der Waals surface area contributed by atoms with E-state index in [9.17, 15) is 9.59 Å². The molecule has 0 aliphatic heterocycles. The molecule has 0 spiro atoms. The number of nitrogens with one attached hydrogen (secondary N) is 1. The Hall–Kier alpha value is -3.68. The minimum absolute atomic E-state index is 0.0150. The van der Waals surface area contributed by atoms with Gasteiger partial charge in [-0.2, -0.15) is 5.10 Å². The Balaban J connectivity index is 1.43. The fraction of sp³-hybridized carbons (Fsp3) is 0.200. The number of aromatic nitrogens is 5. The summed E-state index contributed by atoms with van der Waals surface area (Å²) in [5.41, 5.74) is 3.41. The van der Waals surface area contributed by atoms with Gasteiger partial charge in [0.2, 0.25) is 5.91 Å². The second-order valence-corrected chi connectivity index (χ2v) is 6.61. The van der Waals surface area contributed by atoms with E-state index in [1.54, 1.807) is 22.6 Å². The van der Waals surface area contributed by atoms with Crippen molar-refractivity contribution < 1.29 is 4.79 Å². The zero-order valence-corrected chi connectivity index (χ0v) is 15.4. The Morgan fingerprint density at radius 3 is 2.64 bits per heavy atom. The molecule has 2 aromatic heterocycles. The molecule has 4 rings (SSSR count). The number of para-hydroxylation sites is 2. The second-order valence-electron chi connectivity index (χ2n) is 6.61. The van der Waals surface area contributed by atoms with Crippen LogP contribution >= 0.6 is 0 Å². The fourth-order valence-corrected chi connectivity index (χ4v) is 3.26. The van der Waals surface area contributed by atoms with Gasteiger partial charge in [-0.15, -0.1) is 0 Å². The zero-order chi connectivity index (χ0) is 19.5. The SMILES string of the molecule is Cn1c(=O)n(CC(=O)NCc2cccc(Cn3cncn3)c2)c2ccccc21. The number of carbonyl (C=O) groups excluding carboxylic acids is 1. The summed E-state index contributed by atoms with van der Waals surface area (Å²) >= 11 is 0. The summed E-state index contributed by atoms with van der Waals surface area (Å²) in [6, 6.07) is 15.4. The summed E-state index contributed by atoms with van der Waals surface area (Å²) < 4.78 is 4.78. The van der Waals surface area contributed by atoms with Gasteiger partial charge in [0.25, 0.3) is 0 Å². The number of nitrogens with zero attached hydrogens (tertiary/aromatic N) is 5. The lowest BCUT2D eigenvalue weighted by atomic mass is 10.1. The lowest BCUT2D eigenvalue weighted by Gasteiger charge is -2.08. The fourth-order valence-electron chi connectivity index (χ4n) is 3.26. The van der Waals surface area contributed by atoms with Gasteiger partial charge in [0.15, 0.2) is 0 Å². The average Bonchev–Trinajstić information content (AvgIpc) is 3.30. The third kappa shape index (κ3) is 3.57. The number of amides is 1. The molecular formula is C20H20N6O2. The summed E-state index contributed by atoms with van der Waals surface area (Å²) in [6.07, 6.45) is 3.16. The molecule has 8 nitrogen and oxygen atoms in total. The first kappa shape index (κ1) is 17.7. The highest BCUT2D eigenvalue weighted by molar-refractivity contribution is 5.80. The van der Waals surface area contributed by atoms with Gasteiger partial charge in [-0.05, 0) is 23.3 Å². The van der Waals surface area contributed by atoms with Crippen LogP contribution in [0.3, 0.4) is 0 Å². The maximum atomic E-state index is 12.4. The van der Waals surface area contributed by atoms with E-state index in [4.69, 9.17) is 0 Å². The molecule has 2 heterocycles. The van der Waals surface area contributed by atoms with Crippen LogP contribution in [0.1, 0.15) is 11.1 Å². The Morgan fingerprint density at radius 1 is 1.07 bits per heavy atom. The van der Waals surface area contributed by atoms with Crippen molar-refractivity contribution in [2.24, 2.45) is 7.05 Å². The number of rotatable bonds is 6. The molecule has 2 aromatic carbocycles. The number of hydrogen-bond acceptors (Lipinski definition) is 4. The highest BCUT2D eigenvalue weighted by Gasteiger charge is 2.13. The van der Waals surface area contributed by atoms with Crippen molar-refractivity contribution in [1.29, 1.82) is 0 Å². The van der Waals surface area contributed by atoms with Gasteiger partial charge in [-0.25, -0.2) is 14.5 Å². The van der Waals surface area contributed by atoms with Crippen LogP contribution in [0.5, 0.6) is 0 Å². The van der Waals surface area contributed by atoms with Crippen molar-refractivity contribution in [3.05, 3.63) is 82.8 Å². The van der Waals surface area contributed by atoms with Crippen molar-refractivity contribution in [1.82, 2.24) is 29.2 Å². The van der Waals surface area contributed by atoms with Crippen molar-refractivity contribution in [2.45, 2.75) is 19.6 Å². The highest BCUT2D eigenvalue weighted by atomic mass is 16.2. The van der Waals surface area contributed by atoms with E-state index in [1.165, 1.54) is 10.9 Å². The van der Waals surface area contributed by atoms with E-state index in [1.807, 2.05) is 48.5 Å². The molecule has 0 fully saturated rings. The van der Waals surface area contributed by atoms with Crippen LogP contribution < -0.4 is 11.0 Å². The largest absolute Gasteiger partial charge is 0.350 e. The molecule has 0 unspecified atom stereocenters. The highest BCUT2D eigenvalue weighted by Crippen LogP contribution is 2.11. The van der Waals surface area contributed by atoms with E-state index in [-0.39, 0.29) is 18.1 Å². The van der Waals surface area contributed by atoms with E-state index in [2.05, 4.69) is 15.4 Å². The van der Waals surface area contributed by atoms with E-state index < -0.39 is 0 Å². The summed E-state index contributed by atoms with van der Waals surface area (Å²) in [4.78, 5) is 28.8. The molecule has 28 heavy (non-hydrogen) atoms. The molecule has 1 amide bonds. The van der Waals surface area contributed by atoms with Crippen molar-refractivity contribution in [2.75, 3.05) is 0 Å². The van der Waals surface area contributed by atoms with Gasteiger partial charge in [0, 0.05) is 13.6 Å². The van der Waals surface area contributed by atoms with Crippen LogP contribution in [-0.2, 0) is 31.5 Å². The average molecular weight is 376 g/mol.